The van der Waals surface area contributed by atoms with Crippen LogP contribution in [0.3, 0.4) is 0 Å². The van der Waals surface area contributed by atoms with Gasteiger partial charge in [-0.3, -0.25) is 4.79 Å². The molecule has 0 aromatic rings. The highest BCUT2D eigenvalue weighted by atomic mass is 16.3. The van der Waals surface area contributed by atoms with E-state index in [4.69, 9.17) is 0 Å². The van der Waals surface area contributed by atoms with Crippen molar-refractivity contribution in [2.45, 2.75) is 39.2 Å². The molecule has 1 aliphatic rings. The van der Waals surface area contributed by atoms with Gasteiger partial charge in [0.05, 0.1) is 5.60 Å². The third-order valence-electron chi connectivity index (χ3n) is 2.32. The van der Waals surface area contributed by atoms with Crippen molar-refractivity contribution in [2.24, 2.45) is 0 Å². The van der Waals surface area contributed by atoms with Crippen molar-refractivity contribution in [3.05, 3.63) is 11.8 Å². The van der Waals surface area contributed by atoms with Crippen LogP contribution in [-0.2, 0) is 4.79 Å². The van der Waals surface area contributed by atoms with Gasteiger partial charge in [0.1, 0.15) is 0 Å². The highest BCUT2D eigenvalue weighted by molar-refractivity contribution is 5.92. The van der Waals surface area contributed by atoms with Gasteiger partial charge < -0.3 is 10.0 Å². The number of allylic oxidation sites excluding steroid dienone is 2. The summed E-state index contributed by atoms with van der Waals surface area (Å²) in [5.74, 6) is 0.203. The molecule has 1 aliphatic carbocycles. The molecule has 0 aliphatic heterocycles. The van der Waals surface area contributed by atoms with Crippen LogP contribution in [0.4, 0.5) is 0 Å². The number of hydrogen-bond acceptors (Lipinski definition) is 3. The van der Waals surface area contributed by atoms with Gasteiger partial charge in [-0.2, -0.15) is 0 Å². The molecular weight excluding hydrogens is 178 g/mol. The molecule has 80 valence electrons. The van der Waals surface area contributed by atoms with Crippen molar-refractivity contribution >= 4 is 5.78 Å². The Labute approximate surface area is 85.4 Å². The highest BCUT2D eigenvalue weighted by Gasteiger charge is 2.22. The van der Waals surface area contributed by atoms with Gasteiger partial charge in [-0.25, -0.2) is 0 Å². The molecule has 0 heterocycles. The summed E-state index contributed by atoms with van der Waals surface area (Å²) >= 11 is 0. The normalized spacial score (nSPS) is 17.1. The van der Waals surface area contributed by atoms with Crippen LogP contribution in [0.1, 0.15) is 33.6 Å². The first-order valence-corrected chi connectivity index (χ1v) is 5.13. The van der Waals surface area contributed by atoms with Crippen LogP contribution in [0.25, 0.3) is 0 Å². The molecular formula is C11H19NO2. The van der Waals surface area contributed by atoms with Crippen LogP contribution in [-0.4, -0.2) is 34.5 Å². The van der Waals surface area contributed by atoms with Gasteiger partial charge >= 0.3 is 0 Å². The first-order chi connectivity index (χ1) is 6.42. The molecule has 14 heavy (non-hydrogen) atoms. The van der Waals surface area contributed by atoms with Gasteiger partial charge in [0, 0.05) is 31.3 Å². The average Bonchev–Trinajstić information content (AvgIpc) is 2.46. The molecule has 0 radical (unpaired) electrons. The van der Waals surface area contributed by atoms with E-state index in [1.54, 1.807) is 19.9 Å². The molecule has 0 saturated heterocycles. The summed E-state index contributed by atoms with van der Waals surface area (Å²) in [5, 5.41) is 9.69. The van der Waals surface area contributed by atoms with Crippen LogP contribution < -0.4 is 0 Å². The summed E-state index contributed by atoms with van der Waals surface area (Å²) in [6.45, 7) is 7.03. The lowest BCUT2D eigenvalue weighted by Crippen LogP contribution is -2.37. The smallest absolute Gasteiger partial charge is 0.157 e. The van der Waals surface area contributed by atoms with Crippen molar-refractivity contribution < 1.29 is 9.90 Å². The third-order valence-corrected chi connectivity index (χ3v) is 2.32. The third kappa shape index (κ3) is 3.14. The van der Waals surface area contributed by atoms with E-state index in [0.29, 0.717) is 13.0 Å². The zero-order valence-electron chi connectivity index (χ0n) is 9.21. The molecule has 0 atom stereocenters. The second-order valence-electron chi connectivity index (χ2n) is 4.43. The molecule has 1 N–H and O–H groups in total. The first kappa shape index (κ1) is 11.2. The van der Waals surface area contributed by atoms with Crippen molar-refractivity contribution in [1.29, 1.82) is 0 Å². The van der Waals surface area contributed by atoms with E-state index in [9.17, 15) is 9.90 Å². The Morgan fingerprint density at radius 2 is 2.14 bits per heavy atom. The number of carbonyl (C=O) groups excluding carboxylic acids is 1. The Morgan fingerprint density at radius 3 is 2.50 bits per heavy atom. The molecule has 0 spiro atoms. The van der Waals surface area contributed by atoms with Gasteiger partial charge in [-0.15, -0.1) is 0 Å². The summed E-state index contributed by atoms with van der Waals surface area (Å²) < 4.78 is 0. The maximum absolute atomic E-state index is 11.1. The highest BCUT2D eigenvalue weighted by Crippen LogP contribution is 2.20. The Bertz CT molecular complexity index is 251. The second kappa shape index (κ2) is 4.13. The predicted octanol–water partition coefficient (Wildman–Crippen LogP) is 1.33. The fourth-order valence-corrected chi connectivity index (χ4v) is 1.71. The van der Waals surface area contributed by atoms with Gasteiger partial charge in [0.25, 0.3) is 0 Å². The zero-order valence-corrected chi connectivity index (χ0v) is 9.21. The molecule has 0 fully saturated rings. The summed E-state index contributed by atoms with van der Waals surface area (Å²) in [5.41, 5.74) is 0.363. The van der Waals surface area contributed by atoms with E-state index >= 15 is 0 Å². The van der Waals surface area contributed by atoms with Gasteiger partial charge in [-0.1, -0.05) is 0 Å². The number of carbonyl (C=O) groups is 1. The second-order valence-corrected chi connectivity index (χ2v) is 4.43. The van der Waals surface area contributed by atoms with E-state index in [1.165, 1.54) is 0 Å². The van der Waals surface area contributed by atoms with Crippen LogP contribution in [0.5, 0.6) is 0 Å². The summed E-state index contributed by atoms with van der Waals surface area (Å²) in [6.07, 6.45) is 3.15. The minimum atomic E-state index is -0.706. The number of aliphatic hydroxyl groups is 1. The summed E-state index contributed by atoms with van der Waals surface area (Å²) in [6, 6.07) is 0. The van der Waals surface area contributed by atoms with E-state index in [-0.39, 0.29) is 5.78 Å². The lowest BCUT2D eigenvalue weighted by atomic mass is 10.1. The van der Waals surface area contributed by atoms with Crippen LogP contribution in [0.2, 0.25) is 0 Å². The van der Waals surface area contributed by atoms with Gasteiger partial charge in [0.15, 0.2) is 5.78 Å². The Kier molecular flexibility index (Phi) is 3.32. The molecule has 0 aromatic carbocycles. The molecule has 0 aromatic heterocycles. The van der Waals surface area contributed by atoms with Crippen molar-refractivity contribution in [1.82, 2.24) is 4.90 Å². The molecule has 1 rings (SSSR count). The number of rotatable bonds is 4. The quantitative estimate of drug-likeness (QED) is 0.739. The molecule has 0 amide bonds. The lowest BCUT2D eigenvalue weighted by molar-refractivity contribution is -0.114. The standard InChI is InChI=1S/C11H19NO2/c1-4-12(8-11(2,3)14)9-5-6-10(13)7-9/h7,14H,4-6,8H2,1-3H3. The van der Waals surface area contributed by atoms with Crippen LogP contribution in [0.15, 0.2) is 11.8 Å². The SMILES string of the molecule is CCN(CC(C)(C)O)C1=CC(=O)CC1. The minimum absolute atomic E-state index is 0.203. The molecule has 3 nitrogen and oxygen atoms in total. The summed E-state index contributed by atoms with van der Waals surface area (Å²) in [7, 11) is 0. The number of nitrogens with zero attached hydrogens (tertiary/aromatic N) is 1. The monoisotopic (exact) mass is 197 g/mol. The Hall–Kier alpha value is -0.830. The maximum Gasteiger partial charge on any atom is 0.157 e. The Morgan fingerprint density at radius 1 is 1.50 bits per heavy atom. The lowest BCUT2D eigenvalue weighted by Gasteiger charge is -2.30. The van der Waals surface area contributed by atoms with E-state index in [1.807, 2.05) is 6.92 Å². The molecule has 0 bridgehead atoms. The molecule has 0 saturated carbocycles. The van der Waals surface area contributed by atoms with Gasteiger partial charge in [-0.05, 0) is 27.2 Å². The van der Waals surface area contributed by atoms with Crippen LogP contribution >= 0.6 is 0 Å². The van der Waals surface area contributed by atoms with Crippen molar-refractivity contribution in [2.75, 3.05) is 13.1 Å². The summed E-state index contributed by atoms with van der Waals surface area (Å²) in [4.78, 5) is 13.1. The fourth-order valence-electron chi connectivity index (χ4n) is 1.71. The van der Waals surface area contributed by atoms with Gasteiger partial charge in [0.2, 0.25) is 0 Å². The largest absolute Gasteiger partial charge is 0.389 e. The molecule has 0 unspecified atom stereocenters. The number of likely N-dealkylation sites (N-methyl/N-ethyl adjacent to an activating group) is 1. The fraction of sp³-hybridized carbons (Fsp3) is 0.727. The Balaban J connectivity index is 2.63. The number of ketones is 1. The van der Waals surface area contributed by atoms with E-state index in [0.717, 1.165) is 18.7 Å². The van der Waals surface area contributed by atoms with Crippen LogP contribution in [0, 0.1) is 0 Å². The van der Waals surface area contributed by atoms with Crippen molar-refractivity contribution in [3.63, 3.8) is 0 Å². The number of hydrogen-bond donors (Lipinski definition) is 1. The maximum atomic E-state index is 11.1. The molecule has 3 heteroatoms. The first-order valence-electron chi connectivity index (χ1n) is 5.13. The topological polar surface area (TPSA) is 40.5 Å². The predicted molar refractivity (Wildman–Crippen MR) is 55.9 cm³/mol. The van der Waals surface area contributed by atoms with E-state index in [2.05, 4.69) is 4.90 Å². The van der Waals surface area contributed by atoms with Crippen molar-refractivity contribution in [3.8, 4) is 0 Å². The van der Waals surface area contributed by atoms with E-state index < -0.39 is 5.60 Å². The average molecular weight is 197 g/mol. The minimum Gasteiger partial charge on any atom is -0.389 e. The zero-order chi connectivity index (χ0) is 10.8.